The fourth-order valence-corrected chi connectivity index (χ4v) is 3.77. The van der Waals surface area contributed by atoms with Gasteiger partial charge in [0.25, 0.3) is 0 Å². The first-order valence-corrected chi connectivity index (χ1v) is 10.4. The summed E-state index contributed by atoms with van der Waals surface area (Å²) in [7, 11) is 0. The smallest absolute Gasteiger partial charge is 0.317 e. The number of halogens is 1. The van der Waals surface area contributed by atoms with Gasteiger partial charge in [0.15, 0.2) is 11.5 Å². The van der Waals surface area contributed by atoms with E-state index in [1.807, 2.05) is 25.1 Å². The molecule has 2 aliphatic heterocycles. The number of amides is 3. The lowest BCUT2D eigenvalue weighted by molar-refractivity contribution is -0.132. The molecule has 1 fully saturated rings. The van der Waals surface area contributed by atoms with E-state index in [0.29, 0.717) is 50.5 Å². The first kappa shape index (κ1) is 21.0. The first-order chi connectivity index (χ1) is 14.9. The maximum absolute atomic E-state index is 13.0. The Labute approximate surface area is 180 Å². The number of rotatable bonds is 5. The molecule has 0 unspecified atom stereocenters. The Kier molecular flexibility index (Phi) is 5.97. The van der Waals surface area contributed by atoms with E-state index in [0.717, 1.165) is 11.1 Å². The molecule has 0 bridgehead atoms. The van der Waals surface area contributed by atoms with Gasteiger partial charge in [0.2, 0.25) is 12.7 Å². The van der Waals surface area contributed by atoms with Crippen molar-refractivity contribution in [2.24, 2.45) is 5.41 Å². The summed E-state index contributed by atoms with van der Waals surface area (Å²) in [6, 6.07) is 11.5. The van der Waals surface area contributed by atoms with Crippen molar-refractivity contribution in [3.8, 4) is 11.5 Å². The summed E-state index contributed by atoms with van der Waals surface area (Å²) in [5.74, 6) is 1.09. The highest BCUT2D eigenvalue weighted by atomic mass is 19.1. The summed E-state index contributed by atoms with van der Waals surface area (Å²) in [5, 5.41) is 5.86. The van der Waals surface area contributed by atoms with Crippen LogP contribution >= 0.6 is 0 Å². The van der Waals surface area contributed by atoms with Gasteiger partial charge in [-0.1, -0.05) is 25.1 Å². The van der Waals surface area contributed by atoms with Gasteiger partial charge in [-0.15, -0.1) is 0 Å². The van der Waals surface area contributed by atoms with E-state index in [1.54, 1.807) is 17.0 Å². The number of urea groups is 1. The lowest BCUT2D eigenvalue weighted by Crippen LogP contribution is -2.50. The quantitative estimate of drug-likeness (QED) is 0.768. The van der Waals surface area contributed by atoms with Crippen molar-refractivity contribution in [3.63, 3.8) is 0 Å². The summed E-state index contributed by atoms with van der Waals surface area (Å²) >= 11 is 0. The third-order valence-electron chi connectivity index (χ3n) is 5.95. The van der Waals surface area contributed by atoms with Gasteiger partial charge in [0, 0.05) is 31.6 Å². The number of likely N-dealkylation sites (tertiary alicyclic amines) is 1. The largest absolute Gasteiger partial charge is 0.454 e. The van der Waals surface area contributed by atoms with Gasteiger partial charge in [0.05, 0.1) is 0 Å². The van der Waals surface area contributed by atoms with Crippen LogP contribution in [0.2, 0.25) is 0 Å². The first-order valence-electron chi connectivity index (χ1n) is 10.4. The number of piperidine rings is 1. The molecule has 7 nitrogen and oxygen atoms in total. The molecule has 0 radical (unpaired) electrons. The van der Waals surface area contributed by atoms with Crippen molar-refractivity contribution in [3.05, 3.63) is 59.4 Å². The van der Waals surface area contributed by atoms with Crippen LogP contribution in [0.4, 0.5) is 9.18 Å². The van der Waals surface area contributed by atoms with E-state index in [-0.39, 0.29) is 24.5 Å². The van der Waals surface area contributed by atoms with E-state index < -0.39 is 5.41 Å². The standard InChI is InChI=1S/C23H26FN3O4/c1-23(21(28)25-14-17-4-7-19-20(12-17)31-15-30-19)8-10-27(11-9-23)22(29)26-13-16-2-5-18(24)6-3-16/h2-7,12H,8-11,13-15H2,1H3,(H,25,28)(H,26,29). The van der Waals surface area contributed by atoms with Crippen LogP contribution in [0.15, 0.2) is 42.5 Å². The number of benzene rings is 2. The predicted molar refractivity (Wildman–Crippen MR) is 112 cm³/mol. The Hall–Kier alpha value is -3.29. The zero-order chi connectivity index (χ0) is 21.8. The highest BCUT2D eigenvalue weighted by Gasteiger charge is 2.37. The molecule has 3 amide bonds. The Balaban J connectivity index is 1.24. The van der Waals surface area contributed by atoms with Gasteiger partial charge in [0.1, 0.15) is 5.82 Å². The van der Waals surface area contributed by atoms with Crippen molar-refractivity contribution >= 4 is 11.9 Å². The van der Waals surface area contributed by atoms with Crippen LogP contribution < -0.4 is 20.1 Å². The van der Waals surface area contributed by atoms with Crippen molar-refractivity contribution in [1.29, 1.82) is 0 Å². The summed E-state index contributed by atoms with van der Waals surface area (Å²) in [6.07, 6.45) is 1.17. The minimum atomic E-state index is -0.524. The number of nitrogens with zero attached hydrogens (tertiary/aromatic N) is 1. The van der Waals surface area contributed by atoms with Crippen LogP contribution in [0.25, 0.3) is 0 Å². The van der Waals surface area contributed by atoms with Crippen LogP contribution in [-0.4, -0.2) is 36.7 Å². The minimum Gasteiger partial charge on any atom is -0.454 e. The SMILES string of the molecule is CC1(C(=O)NCc2ccc3c(c2)OCO3)CCN(C(=O)NCc2ccc(F)cc2)CC1. The van der Waals surface area contributed by atoms with Gasteiger partial charge >= 0.3 is 6.03 Å². The number of hydrogen-bond donors (Lipinski definition) is 2. The summed E-state index contributed by atoms with van der Waals surface area (Å²) in [5.41, 5.74) is 1.25. The van der Waals surface area contributed by atoms with Crippen molar-refractivity contribution in [2.75, 3.05) is 19.9 Å². The Morgan fingerprint density at radius 3 is 2.35 bits per heavy atom. The molecular formula is C23H26FN3O4. The fourth-order valence-electron chi connectivity index (χ4n) is 3.77. The number of hydrogen-bond acceptors (Lipinski definition) is 4. The average molecular weight is 427 g/mol. The molecule has 0 aromatic heterocycles. The summed E-state index contributed by atoms with van der Waals surface area (Å²) < 4.78 is 23.7. The summed E-state index contributed by atoms with van der Waals surface area (Å²) in [4.78, 5) is 27.0. The normalized spacial score (nSPS) is 16.6. The molecule has 2 aromatic carbocycles. The van der Waals surface area contributed by atoms with E-state index in [4.69, 9.17) is 9.47 Å². The van der Waals surface area contributed by atoms with Gasteiger partial charge in [-0.3, -0.25) is 4.79 Å². The van der Waals surface area contributed by atoms with Crippen molar-refractivity contribution in [2.45, 2.75) is 32.9 Å². The third-order valence-corrected chi connectivity index (χ3v) is 5.95. The topological polar surface area (TPSA) is 79.9 Å². The number of fused-ring (bicyclic) bond motifs is 1. The molecular weight excluding hydrogens is 401 g/mol. The molecule has 4 rings (SSSR count). The highest BCUT2D eigenvalue weighted by molar-refractivity contribution is 5.83. The van der Waals surface area contributed by atoms with Gasteiger partial charge in [-0.2, -0.15) is 0 Å². The molecule has 1 saturated heterocycles. The van der Waals surface area contributed by atoms with Gasteiger partial charge in [-0.05, 0) is 48.2 Å². The maximum atomic E-state index is 13.0. The zero-order valence-corrected chi connectivity index (χ0v) is 17.4. The minimum absolute atomic E-state index is 0.0171. The molecule has 2 N–H and O–H groups in total. The fraction of sp³-hybridized carbons (Fsp3) is 0.391. The van der Waals surface area contributed by atoms with Crippen molar-refractivity contribution in [1.82, 2.24) is 15.5 Å². The lowest BCUT2D eigenvalue weighted by Gasteiger charge is -2.38. The molecule has 2 heterocycles. The molecule has 0 spiro atoms. The van der Waals surface area contributed by atoms with Crippen LogP contribution in [0.5, 0.6) is 11.5 Å². The number of ether oxygens (including phenoxy) is 2. The van der Waals surface area contributed by atoms with E-state index in [1.165, 1.54) is 12.1 Å². The van der Waals surface area contributed by atoms with E-state index in [2.05, 4.69) is 10.6 Å². The molecule has 8 heteroatoms. The Morgan fingerprint density at radius 1 is 0.968 bits per heavy atom. The molecule has 0 aliphatic carbocycles. The highest BCUT2D eigenvalue weighted by Crippen LogP contribution is 2.33. The number of carbonyl (C=O) groups is 2. The number of carbonyl (C=O) groups excluding carboxylic acids is 2. The van der Waals surface area contributed by atoms with Crippen LogP contribution in [0.1, 0.15) is 30.9 Å². The van der Waals surface area contributed by atoms with Gasteiger partial charge < -0.3 is 25.0 Å². The van der Waals surface area contributed by atoms with E-state index in [9.17, 15) is 14.0 Å². The Bertz CT molecular complexity index is 956. The van der Waals surface area contributed by atoms with Crippen LogP contribution in [0, 0.1) is 11.2 Å². The molecule has 2 aliphatic rings. The molecule has 164 valence electrons. The van der Waals surface area contributed by atoms with Crippen LogP contribution in [-0.2, 0) is 17.9 Å². The van der Waals surface area contributed by atoms with Gasteiger partial charge in [-0.25, -0.2) is 9.18 Å². The van der Waals surface area contributed by atoms with Crippen molar-refractivity contribution < 1.29 is 23.5 Å². The monoisotopic (exact) mass is 427 g/mol. The van der Waals surface area contributed by atoms with E-state index >= 15 is 0 Å². The van der Waals surface area contributed by atoms with Crippen LogP contribution in [0.3, 0.4) is 0 Å². The second-order valence-corrected chi connectivity index (χ2v) is 8.20. The Morgan fingerprint density at radius 2 is 1.61 bits per heavy atom. The maximum Gasteiger partial charge on any atom is 0.317 e. The molecule has 31 heavy (non-hydrogen) atoms. The molecule has 0 atom stereocenters. The average Bonchev–Trinajstić information content (AvgIpc) is 3.25. The number of nitrogens with one attached hydrogen (secondary N) is 2. The molecule has 0 saturated carbocycles. The third kappa shape index (κ3) is 4.90. The zero-order valence-electron chi connectivity index (χ0n) is 17.4. The lowest BCUT2D eigenvalue weighted by atomic mass is 9.79. The summed E-state index contributed by atoms with van der Waals surface area (Å²) in [6.45, 7) is 3.91. The second kappa shape index (κ2) is 8.83. The second-order valence-electron chi connectivity index (χ2n) is 8.20. The molecule has 2 aromatic rings. The predicted octanol–water partition coefficient (Wildman–Crippen LogP) is 3.18.